The summed E-state index contributed by atoms with van der Waals surface area (Å²) >= 11 is 0. The van der Waals surface area contributed by atoms with E-state index in [1.165, 1.54) is 0 Å². The summed E-state index contributed by atoms with van der Waals surface area (Å²) in [4.78, 5) is 20.9. The van der Waals surface area contributed by atoms with Gasteiger partial charge in [-0.15, -0.1) is 0 Å². The Morgan fingerprint density at radius 1 is 1.21 bits per heavy atom. The largest absolute Gasteiger partial charge is 0.481 e. The molecule has 0 saturated heterocycles. The number of carboxylic acid groups (broad SMARTS) is 2. The number of alkyl halides is 3. The zero-order chi connectivity index (χ0) is 14.8. The molecular weight excluding hydrogens is 276 g/mol. The molecule has 0 bridgehead atoms. The lowest BCUT2D eigenvalue weighted by Gasteiger charge is -2.12. The molecule has 0 saturated carbocycles. The maximum absolute atomic E-state index is 13.3. The molecule has 0 aliphatic heterocycles. The normalized spacial score (nSPS) is 11.2. The first-order chi connectivity index (χ1) is 8.62. The molecule has 0 fully saturated rings. The van der Waals surface area contributed by atoms with Crippen molar-refractivity contribution in [2.75, 3.05) is 6.61 Å². The molecule has 0 amide bonds. The third kappa shape index (κ3) is 3.57. The molecule has 0 aromatic heterocycles. The highest BCUT2D eigenvalue weighted by Crippen LogP contribution is 2.34. The van der Waals surface area contributed by atoms with Gasteiger partial charge in [-0.25, -0.2) is 14.0 Å². The van der Waals surface area contributed by atoms with E-state index in [2.05, 4.69) is 4.74 Å². The van der Waals surface area contributed by atoms with Crippen molar-refractivity contribution in [2.24, 2.45) is 0 Å². The average Bonchev–Trinajstić information content (AvgIpc) is 2.23. The van der Waals surface area contributed by atoms with Gasteiger partial charge in [-0.05, 0) is 12.1 Å². The number of carboxylic acids is 2. The van der Waals surface area contributed by atoms with Gasteiger partial charge >= 0.3 is 18.1 Å². The second-order valence-electron chi connectivity index (χ2n) is 3.32. The molecule has 0 radical (unpaired) electrons. The van der Waals surface area contributed by atoms with Crippen molar-refractivity contribution in [3.8, 4) is 5.75 Å². The Hall–Kier alpha value is -2.32. The van der Waals surface area contributed by atoms with Crippen LogP contribution in [0.3, 0.4) is 0 Å². The van der Waals surface area contributed by atoms with Crippen LogP contribution in [0.4, 0.5) is 17.6 Å². The lowest BCUT2D eigenvalue weighted by Crippen LogP contribution is -2.15. The topological polar surface area (TPSA) is 83.8 Å². The fourth-order valence-corrected chi connectivity index (χ4v) is 1.21. The molecule has 9 heteroatoms. The van der Waals surface area contributed by atoms with Gasteiger partial charge in [-0.1, -0.05) is 0 Å². The van der Waals surface area contributed by atoms with Crippen LogP contribution in [-0.4, -0.2) is 28.8 Å². The van der Waals surface area contributed by atoms with Crippen molar-refractivity contribution >= 4 is 11.9 Å². The van der Waals surface area contributed by atoms with E-state index in [1.807, 2.05) is 0 Å². The van der Waals surface area contributed by atoms with E-state index in [1.54, 1.807) is 0 Å². The highest BCUT2D eigenvalue weighted by Gasteiger charge is 2.34. The minimum Gasteiger partial charge on any atom is -0.481 e. The fraction of sp³-hybridized carbons (Fsp3) is 0.200. The number of aromatic carboxylic acids is 1. The number of ether oxygens (including phenoxy) is 1. The van der Waals surface area contributed by atoms with E-state index in [9.17, 15) is 27.2 Å². The Morgan fingerprint density at radius 3 is 2.21 bits per heavy atom. The van der Waals surface area contributed by atoms with Crippen LogP contribution in [0.15, 0.2) is 12.1 Å². The van der Waals surface area contributed by atoms with Crippen molar-refractivity contribution < 1.29 is 42.1 Å². The molecule has 0 spiro atoms. The lowest BCUT2D eigenvalue weighted by atomic mass is 10.1. The van der Waals surface area contributed by atoms with Crippen LogP contribution in [0.5, 0.6) is 5.75 Å². The molecule has 1 aromatic carbocycles. The predicted octanol–water partition coefficient (Wildman–Crippen LogP) is 2.01. The lowest BCUT2D eigenvalue weighted by molar-refractivity contribution is -0.139. The Labute approximate surface area is 103 Å². The molecule has 0 atom stereocenters. The van der Waals surface area contributed by atoms with Gasteiger partial charge in [0.25, 0.3) is 0 Å². The quantitative estimate of drug-likeness (QED) is 0.825. The van der Waals surface area contributed by atoms with E-state index < -0.39 is 47.4 Å². The van der Waals surface area contributed by atoms with Gasteiger partial charge in [-0.3, -0.25) is 0 Å². The number of benzene rings is 1. The van der Waals surface area contributed by atoms with Gasteiger partial charge in [0.15, 0.2) is 6.61 Å². The van der Waals surface area contributed by atoms with Gasteiger partial charge in [-0.2, -0.15) is 13.2 Å². The van der Waals surface area contributed by atoms with Crippen molar-refractivity contribution in [1.82, 2.24) is 0 Å². The van der Waals surface area contributed by atoms with Crippen LogP contribution in [0.25, 0.3) is 0 Å². The van der Waals surface area contributed by atoms with Crippen LogP contribution < -0.4 is 4.74 Å². The predicted molar refractivity (Wildman–Crippen MR) is 51.5 cm³/mol. The highest BCUT2D eigenvalue weighted by atomic mass is 19.4. The molecule has 0 aliphatic carbocycles. The third-order valence-corrected chi connectivity index (χ3v) is 1.95. The van der Waals surface area contributed by atoms with E-state index in [0.717, 1.165) is 0 Å². The monoisotopic (exact) mass is 282 g/mol. The van der Waals surface area contributed by atoms with E-state index in [4.69, 9.17) is 10.2 Å². The number of halogens is 4. The van der Waals surface area contributed by atoms with Gasteiger partial charge in [0, 0.05) is 0 Å². The molecule has 1 aromatic rings. The summed E-state index contributed by atoms with van der Waals surface area (Å²) in [5.74, 6) is -6.08. The highest BCUT2D eigenvalue weighted by molar-refractivity contribution is 5.91. The van der Waals surface area contributed by atoms with Crippen molar-refractivity contribution in [3.63, 3.8) is 0 Å². The minimum absolute atomic E-state index is 0.00290. The molecule has 5 nitrogen and oxygen atoms in total. The van der Waals surface area contributed by atoms with Crippen molar-refractivity contribution in [2.45, 2.75) is 6.18 Å². The number of hydrogen-bond acceptors (Lipinski definition) is 3. The smallest absolute Gasteiger partial charge is 0.416 e. The van der Waals surface area contributed by atoms with Crippen LogP contribution >= 0.6 is 0 Å². The fourth-order valence-electron chi connectivity index (χ4n) is 1.21. The average molecular weight is 282 g/mol. The van der Waals surface area contributed by atoms with E-state index in [-0.39, 0.29) is 12.1 Å². The first-order valence-corrected chi connectivity index (χ1v) is 4.61. The van der Waals surface area contributed by atoms with Gasteiger partial charge in [0.1, 0.15) is 17.1 Å². The van der Waals surface area contributed by atoms with Crippen LogP contribution in [0.1, 0.15) is 15.9 Å². The Balaban J connectivity index is 3.33. The molecular formula is C10H6F4O5. The molecule has 104 valence electrons. The zero-order valence-electron chi connectivity index (χ0n) is 8.99. The molecule has 1 rings (SSSR count). The van der Waals surface area contributed by atoms with Gasteiger partial charge in [0.2, 0.25) is 0 Å². The second-order valence-corrected chi connectivity index (χ2v) is 3.32. The molecule has 19 heavy (non-hydrogen) atoms. The number of rotatable bonds is 4. The van der Waals surface area contributed by atoms with Crippen molar-refractivity contribution in [1.29, 1.82) is 0 Å². The number of aliphatic carboxylic acids is 1. The SMILES string of the molecule is O=C(O)COc1cc(C(F)(F)F)cc(F)c1C(=O)O. The Kier molecular flexibility index (Phi) is 3.98. The number of hydrogen-bond donors (Lipinski definition) is 2. The standard InChI is InChI=1S/C10H6F4O5/c11-5-1-4(10(12,13)14)2-6(8(5)9(17)18)19-3-7(15)16/h1-2H,3H2,(H,15,16)(H,17,18). The third-order valence-electron chi connectivity index (χ3n) is 1.95. The summed E-state index contributed by atoms with van der Waals surface area (Å²) in [6.45, 7) is -1.10. The second kappa shape index (κ2) is 5.12. The summed E-state index contributed by atoms with van der Waals surface area (Å²) in [6.07, 6.45) is -4.92. The minimum atomic E-state index is -4.92. The van der Waals surface area contributed by atoms with Gasteiger partial charge < -0.3 is 14.9 Å². The Morgan fingerprint density at radius 2 is 1.79 bits per heavy atom. The zero-order valence-corrected chi connectivity index (χ0v) is 8.99. The van der Waals surface area contributed by atoms with Crippen LogP contribution in [0, 0.1) is 5.82 Å². The molecule has 0 aliphatic rings. The molecule has 0 unspecified atom stereocenters. The summed E-state index contributed by atoms with van der Waals surface area (Å²) in [6, 6.07) is 0.229. The Bertz CT molecular complexity index is 523. The number of carbonyl (C=O) groups is 2. The first kappa shape index (κ1) is 14.7. The summed E-state index contributed by atoms with van der Waals surface area (Å²) in [5, 5.41) is 17.0. The van der Waals surface area contributed by atoms with Crippen LogP contribution in [-0.2, 0) is 11.0 Å². The summed E-state index contributed by atoms with van der Waals surface area (Å²) < 4.78 is 54.8. The summed E-state index contributed by atoms with van der Waals surface area (Å²) in [5.41, 5.74) is -2.63. The maximum atomic E-state index is 13.3. The van der Waals surface area contributed by atoms with E-state index in [0.29, 0.717) is 0 Å². The van der Waals surface area contributed by atoms with E-state index >= 15 is 0 Å². The van der Waals surface area contributed by atoms with Gasteiger partial charge in [0.05, 0.1) is 5.56 Å². The maximum Gasteiger partial charge on any atom is 0.416 e. The van der Waals surface area contributed by atoms with Crippen LogP contribution in [0.2, 0.25) is 0 Å². The van der Waals surface area contributed by atoms with Crippen molar-refractivity contribution in [3.05, 3.63) is 29.1 Å². The summed E-state index contributed by atoms with van der Waals surface area (Å²) in [7, 11) is 0. The molecule has 0 heterocycles. The molecule has 2 N–H and O–H groups in total. The first-order valence-electron chi connectivity index (χ1n) is 4.61.